The number of hydrazone groups is 1. The number of carbonyl (C=O) groups excluding carboxylic acids is 1. The van der Waals surface area contributed by atoms with E-state index in [-0.39, 0.29) is 12.0 Å². The maximum Gasteiger partial charge on any atom is 0.335 e. The van der Waals surface area contributed by atoms with E-state index in [0.29, 0.717) is 0 Å². The number of amides is 2. The Labute approximate surface area is 184 Å². The highest BCUT2D eigenvalue weighted by atomic mass is 16.2. The van der Waals surface area contributed by atoms with E-state index in [0.717, 1.165) is 41.8 Å². The molecule has 0 spiro atoms. The number of hydrogen-bond acceptors (Lipinski definition) is 4. The molecule has 2 aromatic rings. The smallest absolute Gasteiger partial charge is 0.335 e. The zero-order chi connectivity index (χ0) is 22.1. The highest BCUT2D eigenvalue weighted by molar-refractivity contribution is 6.08. The number of nitrogens with two attached hydrogens (primary N) is 1. The molecular weight excluding hydrogens is 386 g/mol. The Bertz CT molecular complexity index is 1010. The fraction of sp³-hybridized carbons (Fsp3) is 0.360. The van der Waals surface area contributed by atoms with Crippen LogP contribution in [0.4, 0.5) is 16.2 Å². The van der Waals surface area contributed by atoms with Crippen LogP contribution in [-0.4, -0.2) is 44.9 Å². The summed E-state index contributed by atoms with van der Waals surface area (Å²) in [5.41, 5.74) is 12.5. The molecule has 6 heteroatoms. The molecule has 0 aromatic heterocycles. The Morgan fingerprint density at radius 3 is 2.13 bits per heavy atom. The Morgan fingerprint density at radius 1 is 1.00 bits per heavy atom. The summed E-state index contributed by atoms with van der Waals surface area (Å²) < 4.78 is 0. The molecule has 0 saturated heterocycles. The third-order valence-corrected chi connectivity index (χ3v) is 6.23. The van der Waals surface area contributed by atoms with Crippen LogP contribution in [0.1, 0.15) is 36.4 Å². The third-order valence-electron chi connectivity index (χ3n) is 6.23. The van der Waals surface area contributed by atoms with Crippen LogP contribution in [0.15, 0.2) is 59.2 Å². The number of urea groups is 1. The number of anilines is 2. The Balaban J connectivity index is 1.66. The van der Waals surface area contributed by atoms with Crippen molar-refractivity contribution >= 4 is 29.2 Å². The lowest BCUT2D eigenvalue weighted by Crippen LogP contribution is -2.35. The summed E-state index contributed by atoms with van der Waals surface area (Å²) >= 11 is 0. The van der Waals surface area contributed by atoms with Gasteiger partial charge in [0.05, 0.1) is 11.8 Å². The second-order valence-electron chi connectivity index (χ2n) is 8.75. The van der Waals surface area contributed by atoms with Crippen molar-refractivity contribution in [1.29, 1.82) is 0 Å². The molecule has 0 radical (unpaired) electrons. The molecule has 1 fully saturated rings. The molecule has 31 heavy (non-hydrogen) atoms. The lowest BCUT2D eigenvalue weighted by Gasteiger charge is -2.29. The van der Waals surface area contributed by atoms with Crippen LogP contribution in [-0.2, 0) is 0 Å². The minimum atomic E-state index is -0.502. The molecule has 2 N–H and O–H groups in total. The van der Waals surface area contributed by atoms with Gasteiger partial charge < -0.3 is 15.5 Å². The van der Waals surface area contributed by atoms with Crippen LogP contribution in [0.5, 0.6) is 0 Å². The first kappa shape index (κ1) is 21.0. The largest absolute Gasteiger partial charge is 0.378 e. The topological polar surface area (TPSA) is 65.2 Å². The standard InChI is InChI=1S/C25H31N5O/c1-28(2)20-12-8-17(9-13-20)16-19-6-5-7-22-23(19)27-30(25(26)31)24(22)18-10-14-21(15-11-18)29(3)4/h8-16,22,24H,5-7H2,1-4H3,(H2,26,31)/b19-16+/t22-,24-/m1/s1. The van der Waals surface area contributed by atoms with Crippen LogP contribution in [0.3, 0.4) is 0 Å². The van der Waals surface area contributed by atoms with Gasteiger partial charge in [0.2, 0.25) is 0 Å². The number of carbonyl (C=O) groups is 1. The minimum Gasteiger partial charge on any atom is -0.378 e. The van der Waals surface area contributed by atoms with Gasteiger partial charge in [-0.05, 0) is 66.3 Å². The van der Waals surface area contributed by atoms with E-state index in [2.05, 4.69) is 64.4 Å². The number of hydrogen-bond donors (Lipinski definition) is 1. The van der Waals surface area contributed by atoms with Crippen molar-refractivity contribution in [3.63, 3.8) is 0 Å². The molecule has 1 heterocycles. The van der Waals surface area contributed by atoms with Crippen molar-refractivity contribution in [3.8, 4) is 0 Å². The van der Waals surface area contributed by atoms with Crippen LogP contribution in [0.2, 0.25) is 0 Å². The lowest BCUT2D eigenvalue weighted by molar-refractivity contribution is 0.184. The maximum absolute atomic E-state index is 12.3. The number of primary amides is 1. The highest BCUT2D eigenvalue weighted by Crippen LogP contribution is 2.44. The molecular formula is C25H31N5O. The fourth-order valence-corrected chi connectivity index (χ4v) is 4.56. The van der Waals surface area contributed by atoms with E-state index in [1.165, 1.54) is 16.3 Å². The van der Waals surface area contributed by atoms with Gasteiger partial charge >= 0.3 is 6.03 Å². The molecule has 1 aliphatic carbocycles. The molecule has 2 atom stereocenters. The van der Waals surface area contributed by atoms with Gasteiger partial charge in [-0.25, -0.2) is 9.80 Å². The fourth-order valence-electron chi connectivity index (χ4n) is 4.56. The van der Waals surface area contributed by atoms with Gasteiger partial charge in [0.25, 0.3) is 0 Å². The van der Waals surface area contributed by atoms with Crippen molar-refractivity contribution in [3.05, 3.63) is 65.2 Å². The van der Waals surface area contributed by atoms with Crippen molar-refractivity contribution in [2.45, 2.75) is 25.3 Å². The van der Waals surface area contributed by atoms with E-state index in [9.17, 15) is 4.79 Å². The summed E-state index contributed by atoms with van der Waals surface area (Å²) in [6, 6.07) is 16.2. The van der Waals surface area contributed by atoms with E-state index in [4.69, 9.17) is 10.8 Å². The molecule has 2 amide bonds. The number of rotatable bonds is 4. The summed E-state index contributed by atoms with van der Waals surface area (Å²) in [4.78, 5) is 16.4. The van der Waals surface area contributed by atoms with Gasteiger partial charge in [0.1, 0.15) is 0 Å². The number of benzene rings is 2. The number of nitrogens with zero attached hydrogens (tertiary/aromatic N) is 4. The van der Waals surface area contributed by atoms with Crippen molar-refractivity contribution < 1.29 is 4.79 Å². The molecule has 1 saturated carbocycles. The molecule has 6 nitrogen and oxygen atoms in total. The number of fused-ring (bicyclic) bond motifs is 1. The predicted molar refractivity (Wildman–Crippen MR) is 128 cm³/mol. The zero-order valence-corrected chi connectivity index (χ0v) is 18.7. The first-order chi connectivity index (χ1) is 14.8. The first-order valence-corrected chi connectivity index (χ1v) is 10.8. The van der Waals surface area contributed by atoms with Crippen LogP contribution in [0.25, 0.3) is 6.08 Å². The molecule has 1 aliphatic heterocycles. The van der Waals surface area contributed by atoms with E-state index in [1.54, 1.807) is 0 Å². The van der Waals surface area contributed by atoms with Crippen LogP contribution in [0, 0.1) is 5.92 Å². The number of allylic oxidation sites excluding steroid dienone is 1. The van der Waals surface area contributed by atoms with Crippen molar-refractivity contribution in [1.82, 2.24) is 5.01 Å². The average Bonchev–Trinajstić information content (AvgIpc) is 3.15. The van der Waals surface area contributed by atoms with Crippen molar-refractivity contribution in [2.24, 2.45) is 16.8 Å². The van der Waals surface area contributed by atoms with E-state index >= 15 is 0 Å². The van der Waals surface area contributed by atoms with Crippen molar-refractivity contribution in [2.75, 3.05) is 38.0 Å². The molecule has 4 rings (SSSR count). The lowest BCUT2D eigenvalue weighted by atomic mass is 9.77. The monoisotopic (exact) mass is 417 g/mol. The Kier molecular flexibility index (Phi) is 5.72. The normalized spacial score (nSPS) is 21.6. The van der Waals surface area contributed by atoms with Gasteiger partial charge in [0, 0.05) is 45.5 Å². The Morgan fingerprint density at radius 2 is 1.58 bits per heavy atom. The SMILES string of the molecule is CN(C)c1ccc(/C=C2\CCC[C@@H]3C2=NN(C(N)=O)[C@@H]3c2ccc(N(C)C)cc2)cc1. The zero-order valence-electron chi connectivity index (χ0n) is 18.7. The molecule has 162 valence electrons. The van der Waals surface area contributed by atoms with Crippen LogP contribution >= 0.6 is 0 Å². The summed E-state index contributed by atoms with van der Waals surface area (Å²) in [5, 5.41) is 6.22. The Hall–Kier alpha value is -3.28. The summed E-state index contributed by atoms with van der Waals surface area (Å²) in [5.74, 6) is 0.166. The molecule has 2 aromatic carbocycles. The van der Waals surface area contributed by atoms with E-state index in [1.807, 2.05) is 28.2 Å². The molecule has 0 unspecified atom stereocenters. The van der Waals surface area contributed by atoms with Gasteiger partial charge in [-0.15, -0.1) is 0 Å². The quantitative estimate of drug-likeness (QED) is 0.797. The maximum atomic E-state index is 12.3. The molecule has 2 aliphatic rings. The van der Waals surface area contributed by atoms with Gasteiger partial charge in [0.15, 0.2) is 0 Å². The van der Waals surface area contributed by atoms with E-state index < -0.39 is 6.03 Å². The van der Waals surface area contributed by atoms with Gasteiger partial charge in [-0.1, -0.05) is 24.3 Å². The second-order valence-corrected chi connectivity index (χ2v) is 8.75. The summed E-state index contributed by atoms with van der Waals surface area (Å²) in [6.07, 6.45) is 5.24. The second kappa shape index (κ2) is 8.46. The third kappa shape index (κ3) is 4.15. The van der Waals surface area contributed by atoms with Gasteiger partial charge in [-0.2, -0.15) is 5.10 Å². The molecule has 0 bridgehead atoms. The predicted octanol–water partition coefficient (Wildman–Crippen LogP) is 4.49. The summed E-state index contributed by atoms with van der Waals surface area (Å²) in [6.45, 7) is 0. The average molecular weight is 418 g/mol. The van der Waals surface area contributed by atoms with Gasteiger partial charge in [-0.3, -0.25) is 0 Å². The highest BCUT2D eigenvalue weighted by Gasteiger charge is 2.43. The first-order valence-electron chi connectivity index (χ1n) is 10.8. The summed E-state index contributed by atoms with van der Waals surface area (Å²) in [7, 11) is 8.11. The van der Waals surface area contributed by atoms with Crippen LogP contribution < -0.4 is 15.5 Å². The minimum absolute atomic E-state index is 0.150.